The molecule has 0 unspecified atom stereocenters. The number of fused-ring (bicyclic) bond motifs is 2. The Morgan fingerprint density at radius 2 is 1.77 bits per heavy atom. The lowest BCUT2D eigenvalue weighted by molar-refractivity contribution is 0.103. The lowest BCUT2D eigenvalue weighted by Gasteiger charge is -2.24. The third-order valence-electron chi connectivity index (χ3n) is 5.37. The molecule has 1 N–H and O–H groups in total. The lowest BCUT2D eigenvalue weighted by Crippen LogP contribution is -2.22. The average Bonchev–Trinajstić information content (AvgIpc) is 2.81. The summed E-state index contributed by atoms with van der Waals surface area (Å²) in [5, 5.41) is 10.1. The summed E-state index contributed by atoms with van der Waals surface area (Å²) in [6.07, 6.45) is 7.56. The molecule has 1 aliphatic heterocycles. The van der Waals surface area contributed by atoms with Gasteiger partial charge >= 0.3 is 0 Å². The monoisotopic (exact) mass is 343 g/mol. The molecule has 0 radical (unpaired) electrons. The highest BCUT2D eigenvalue weighted by atomic mass is 16.3. The molecule has 26 heavy (non-hydrogen) atoms. The first kappa shape index (κ1) is 16.4. The van der Waals surface area contributed by atoms with Crippen molar-refractivity contribution < 1.29 is 9.90 Å². The molecule has 2 aliphatic rings. The maximum Gasteiger partial charge on any atom is 0.197 e. The van der Waals surface area contributed by atoms with Gasteiger partial charge < -0.3 is 10.0 Å². The standard InChI is InChI=1S/C23H21NO2/c1-23(2)17-8-4-5-9-18(17)24(3)20(23)14-13-16-12-11-15-7-6-10-19(25)21(15)22(16)26/h4-14,25H,1-3H3/b16-13-,20-14-. The Kier molecular flexibility index (Phi) is 3.62. The Labute approximate surface area is 153 Å². The largest absolute Gasteiger partial charge is 0.507 e. The Morgan fingerprint density at radius 1 is 1.00 bits per heavy atom. The zero-order chi connectivity index (χ0) is 18.5. The van der Waals surface area contributed by atoms with E-state index in [4.69, 9.17) is 0 Å². The number of anilines is 1. The zero-order valence-corrected chi connectivity index (χ0v) is 15.2. The molecule has 0 saturated carbocycles. The van der Waals surface area contributed by atoms with Crippen molar-refractivity contribution in [2.75, 3.05) is 11.9 Å². The van der Waals surface area contributed by atoms with Gasteiger partial charge in [-0.1, -0.05) is 56.3 Å². The van der Waals surface area contributed by atoms with Crippen molar-refractivity contribution in [1.82, 2.24) is 0 Å². The number of phenols is 1. The number of Topliss-reactive ketones (excluding diaryl/α,β-unsaturated/α-hetero) is 1. The summed E-state index contributed by atoms with van der Waals surface area (Å²) in [6.45, 7) is 4.39. The summed E-state index contributed by atoms with van der Waals surface area (Å²) in [7, 11) is 2.05. The molecule has 4 rings (SSSR count). The molecule has 0 atom stereocenters. The van der Waals surface area contributed by atoms with E-state index >= 15 is 0 Å². The molecule has 0 bridgehead atoms. The minimum atomic E-state index is -0.145. The number of carbonyl (C=O) groups excluding carboxylic acids is 1. The summed E-state index contributed by atoms with van der Waals surface area (Å²) < 4.78 is 0. The molecule has 2 aromatic carbocycles. The van der Waals surface area contributed by atoms with E-state index in [0.717, 1.165) is 11.3 Å². The van der Waals surface area contributed by atoms with Crippen LogP contribution in [-0.2, 0) is 5.41 Å². The summed E-state index contributed by atoms with van der Waals surface area (Å²) in [5.41, 5.74) is 5.18. The van der Waals surface area contributed by atoms with Gasteiger partial charge in [0.15, 0.2) is 5.78 Å². The fourth-order valence-electron chi connectivity index (χ4n) is 3.95. The number of aromatic hydroxyl groups is 1. The molecule has 3 heteroatoms. The molecule has 130 valence electrons. The molecular weight excluding hydrogens is 322 g/mol. The van der Waals surface area contributed by atoms with Crippen molar-refractivity contribution in [3.8, 4) is 5.75 Å². The minimum absolute atomic E-state index is 0.0288. The van der Waals surface area contributed by atoms with E-state index in [1.54, 1.807) is 12.1 Å². The maximum atomic E-state index is 12.8. The van der Waals surface area contributed by atoms with Gasteiger partial charge in [0.05, 0.1) is 5.56 Å². The van der Waals surface area contributed by atoms with Gasteiger partial charge in [-0.2, -0.15) is 0 Å². The van der Waals surface area contributed by atoms with Gasteiger partial charge in [0, 0.05) is 29.4 Å². The van der Waals surface area contributed by atoms with Crippen LogP contribution >= 0.6 is 0 Å². The minimum Gasteiger partial charge on any atom is -0.507 e. The molecule has 0 amide bonds. The normalized spacial score (nSPS) is 20.6. The van der Waals surface area contributed by atoms with Crippen LogP contribution in [0.25, 0.3) is 6.08 Å². The van der Waals surface area contributed by atoms with Crippen LogP contribution in [-0.4, -0.2) is 17.9 Å². The van der Waals surface area contributed by atoms with Gasteiger partial charge in [0.2, 0.25) is 0 Å². The van der Waals surface area contributed by atoms with Gasteiger partial charge in [-0.25, -0.2) is 0 Å². The SMILES string of the molecule is CN1/C(=C\C=C2\C=Cc3cccc(O)c3C2=O)C(C)(C)c2ccccc21. The Hall–Kier alpha value is -3.07. The quantitative estimate of drug-likeness (QED) is 0.753. The molecule has 0 aromatic heterocycles. The lowest BCUT2D eigenvalue weighted by atomic mass is 9.83. The van der Waals surface area contributed by atoms with Crippen LogP contribution in [0.2, 0.25) is 0 Å². The molecule has 1 heterocycles. The average molecular weight is 343 g/mol. The number of nitrogens with zero attached hydrogens (tertiary/aromatic N) is 1. The number of hydrogen-bond donors (Lipinski definition) is 1. The van der Waals surface area contributed by atoms with E-state index in [1.165, 1.54) is 11.3 Å². The number of benzene rings is 2. The summed E-state index contributed by atoms with van der Waals surface area (Å²) >= 11 is 0. The Morgan fingerprint density at radius 3 is 2.54 bits per heavy atom. The third-order valence-corrected chi connectivity index (χ3v) is 5.37. The van der Waals surface area contributed by atoms with Crippen molar-refractivity contribution in [3.63, 3.8) is 0 Å². The van der Waals surface area contributed by atoms with Crippen LogP contribution in [0.5, 0.6) is 5.75 Å². The number of carbonyl (C=O) groups is 1. The molecule has 3 nitrogen and oxygen atoms in total. The Bertz CT molecular complexity index is 1010. The summed E-state index contributed by atoms with van der Waals surface area (Å²) in [4.78, 5) is 15.0. The van der Waals surface area contributed by atoms with Gasteiger partial charge in [0.1, 0.15) is 5.75 Å². The van der Waals surface area contributed by atoms with Crippen LogP contribution in [0.15, 0.2) is 72.0 Å². The highest BCUT2D eigenvalue weighted by molar-refractivity contribution is 6.16. The van der Waals surface area contributed by atoms with E-state index in [-0.39, 0.29) is 16.9 Å². The number of hydrogen-bond acceptors (Lipinski definition) is 3. The Balaban J connectivity index is 1.75. The van der Waals surface area contributed by atoms with Gasteiger partial charge in [-0.05, 0) is 35.4 Å². The van der Waals surface area contributed by atoms with E-state index < -0.39 is 0 Å². The van der Waals surface area contributed by atoms with Crippen molar-refractivity contribution >= 4 is 17.5 Å². The van der Waals surface area contributed by atoms with E-state index in [0.29, 0.717) is 11.1 Å². The highest BCUT2D eigenvalue weighted by Gasteiger charge is 2.37. The molecule has 0 spiro atoms. The summed E-state index contributed by atoms with van der Waals surface area (Å²) in [6, 6.07) is 13.5. The second kappa shape index (κ2) is 5.73. The van der Waals surface area contributed by atoms with Crippen LogP contribution in [0.3, 0.4) is 0 Å². The van der Waals surface area contributed by atoms with Crippen LogP contribution in [0.1, 0.15) is 35.3 Å². The molecule has 0 fully saturated rings. The number of phenolic OH excluding ortho intramolecular Hbond substituents is 1. The first-order valence-corrected chi connectivity index (χ1v) is 8.71. The van der Waals surface area contributed by atoms with E-state index in [2.05, 4.69) is 44.0 Å². The van der Waals surface area contributed by atoms with Crippen LogP contribution in [0, 0.1) is 0 Å². The van der Waals surface area contributed by atoms with Crippen molar-refractivity contribution in [1.29, 1.82) is 0 Å². The van der Waals surface area contributed by atoms with E-state index in [1.807, 2.05) is 36.4 Å². The topological polar surface area (TPSA) is 40.5 Å². The molecule has 2 aromatic rings. The van der Waals surface area contributed by atoms with Crippen molar-refractivity contribution in [2.45, 2.75) is 19.3 Å². The van der Waals surface area contributed by atoms with Crippen molar-refractivity contribution in [2.24, 2.45) is 0 Å². The maximum absolute atomic E-state index is 12.8. The predicted octanol–water partition coefficient (Wildman–Crippen LogP) is 4.84. The number of para-hydroxylation sites is 1. The van der Waals surface area contributed by atoms with E-state index in [9.17, 15) is 9.90 Å². The van der Waals surface area contributed by atoms with Crippen molar-refractivity contribution in [3.05, 3.63) is 88.7 Å². The first-order chi connectivity index (χ1) is 12.4. The van der Waals surface area contributed by atoms with Crippen LogP contribution in [0.4, 0.5) is 5.69 Å². The molecular formula is C23H21NO2. The molecule has 0 saturated heterocycles. The van der Waals surface area contributed by atoms with Crippen LogP contribution < -0.4 is 4.90 Å². The third kappa shape index (κ3) is 2.31. The van der Waals surface area contributed by atoms with Gasteiger partial charge in [-0.3, -0.25) is 4.79 Å². The smallest absolute Gasteiger partial charge is 0.197 e. The van der Waals surface area contributed by atoms with Gasteiger partial charge in [-0.15, -0.1) is 0 Å². The zero-order valence-electron chi connectivity index (χ0n) is 15.2. The number of ketones is 1. The molecule has 1 aliphatic carbocycles. The first-order valence-electron chi connectivity index (χ1n) is 8.71. The highest BCUT2D eigenvalue weighted by Crippen LogP contribution is 2.46. The fourth-order valence-corrected chi connectivity index (χ4v) is 3.95. The summed E-state index contributed by atoms with van der Waals surface area (Å²) in [5.74, 6) is -0.116. The number of likely N-dealkylation sites (N-methyl/N-ethyl adjacent to an activating group) is 1. The second-order valence-corrected chi connectivity index (χ2v) is 7.28. The predicted molar refractivity (Wildman–Crippen MR) is 106 cm³/mol. The van der Waals surface area contributed by atoms with Gasteiger partial charge in [0.25, 0.3) is 0 Å². The number of allylic oxidation sites excluding steroid dienone is 5. The number of rotatable bonds is 1. The second-order valence-electron chi connectivity index (χ2n) is 7.28. The fraction of sp³-hybridized carbons (Fsp3) is 0.174.